The Bertz CT molecular complexity index is 1040. The Hall–Kier alpha value is -1.80. The van der Waals surface area contributed by atoms with Crippen molar-refractivity contribution in [3.05, 3.63) is 53.1 Å². The zero-order valence-electron chi connectivity index (χ0n) is 19.0. The molecule has 2 atom stereocenters. The van der Waals surface area contributed by atoms with Gasteiger partial charge in [0.2, 0.25) is 0 Å². The van der Waals surface area contributed by atoms with E-state index in [0.29, 0.717) is 23.7 Å². The summed E-state index contributed by atoms with van der Waals surface area (Å²) in [7, 11) is -0.257. The molecule has 0 bridgehead atoms. The number of sulfone groups is 1. The third-order valence-corrected chi connectivity index (χ3v) is 8.71. The molecule has 6 nitrogen and oxygen atoms in total. The Kier molecular flexibility index (Phi) is 8.09. The van der Waals surface area contributed by atoms with E-state index in [4.69, 9.17) is 9.47 Å². The minimum atomic E-state index is -3.52. The molecule has 0 aromatic heterocycles. The van der Waals surface area contributed by atoms with Crippen LogP contribution in [-0.4, -0.2) is 52.5 Å². The summed E-state index contributed by atoms with van der Waals surface area (Å²) < 4.78 is 38.8. The van der Waals surface area contributed by atoms with Gasteiger partial charge in [0.1, 0.15) is 5.37 Å². The van der Waals surface area contributed by atoms with Crippen LogP contribution in [-0.2, 0) is 22.8 Å². The fourth-order valence-corrected chi connectivity index (χ4v) is 7.13. The smallest absolute Gasteiger partial charge is 0.194 e. The minimum Gasteiger partial charge on any atom is -0.493 e. The van der Waals surface area contributed by atoms with E-state index in [0.717, 1.165) is 49.2 Å². The molecule has 2 aromatic carbocycles. The van der Waals surface area contributed by atoms with Crippen molar-refractivity contribution in [2.75, 3.05) is 33.9 Å². The molecule has 32 heavy (non-hydrogen) atoms. The largest absolute Gasteiger partial charge is 0.493 e. The predicted octanol–water partition coefficient (Wildman–Crippen LogP) is 3.59. The first kappa shape index (κ1) is 24.8. The van der Waals surface area contributed by atoms with Crippen LogP contribution in [0, 0.1) is 12.8 Å². The summed E-state index contributed by atoms with van der Waals surface area (Å²) in [5.41, 5.74) is 3.27. The average molecular weight is 481 g/mol. The van der Waals surface area contributed by atoms with Crippen LogP contribution in [0.5, 0.6) is 11.5 Å². The fourth-order valence-electron chi connectivity index (χ4n) is 4.92. The van der Waals surface area contributed by atoms with E-state index in [2.05, 4.69) is 10.2 Å². The number of benzene rings is 2. The van der Waals surface area contributed by atoms with E-state index in [1.165, 1.54) is 5.56 Å². The van der Waals surface area contributed by atoms with E-state index >= 15 is 0 Å². The van der Waals surface area contributed by atoms with Gasteiger partial charge in [-0.05, 0) is 73.7 Å². The van der Waals surface area contributed by atoms with Crippen LogP contribution in [0.3, 0.4) is 0 Å². The van der Waals surface area contributed by atoms with Crippen LogP contribution in [0.1, 0.15) is 29.5 Å². The molecule has 2 aliphatic rings. The molecule has 1 saturated heterocycles. The Balaban J connectivity index is 0.00000289. The quantitative estimate of drug-likeness (QED) is 0.681. The van der Waals surface area contributed by atoms with E-state index in [1.807, 2.05) is 31.2 Å². The molecular weight excluding hydrogens is 448 g/mol. The maximum Gasteiger partial charge on any atom is 0.194 e. The highest BCUT2D eigenvalue weighted by molar-refractivity contribution is 7.92. The fraction of sp³-hybridized carbons (Fsp3) is 0.500. The monoisotopic (exact) mass is 480 g/mol. The van der Waals surface area contributed by atoms with Crippen LogP contribution in [0.4, 0.5) is 0 Å². The summed E-state index contributed by atoms with van der Waals surface area (Å²) in [5.74, 6) is 1.46. The van der Waals surface area contributed by atoms with Crippen molar-refractivity contribution in [1.82, 2.24) is 10.2 Å². The number of aryl methyl sites for hydroxylation is 1. The average Bonchev–Trinajstić information content (AvgIpc) is 2.78. The van der Waals surface area contributed by atoms with Gasteiger partial charge in [-0.1, -0.05) is 12.1 Å². The van der Waals surface area contributed by atoms with Crippen molar-refractivity contribution in [1.29, 1.82) is 0 Å². The molecule has 2 unspecified atom stereocenters. The van der Waals surface area contributed by atoms with Gasteiger partial charge in [-0.25, -0.2) is 8.42 Å². The Morgan fingerprint density at radius 2 is 1.81 bits per heavy atom. The lowest BCUT2D eigenvalue weighted by Crippen LogP contribution is -2.52. The second-order valence-corrected chi connectivity index (χ2v) is 10.6. The number of hydrogen-bond acceptors (Lipinski definition) is 6. The van der Waals surface area contributed by atoms with Gasteiger partial charge in [-0.15, -0.1) is 12.4 Å². The lowest BCUT2D eigenvalue weighted by Gasteiger charge is -2.40. The van der Waals surface area contributed by atoms with E-state index < -0.39 is 15.2 Å². The molecule has 0 amide bonds. The van der Waals surface area contributed by atoms with Gasteiger partial charge in [-0.3, -0.25) is 4.90 Å². The lowest BCUT2D eigenvalue weighted by molar-refractivity contribution is 0.161. The Morgan fingerprint density at radius 1 is 1.09 bits per heavy atom. The molecule has 1 fully saturated rings. The zero-order valence-corrected chi connectivity index (χ0v) is 20.6. The number of piperidine rings is 1. The summed E-state index contributed by atoms with van der Waals surface area (Å²) in [6.07, 6.45) is 2.70. The molecule has 0 spiro atoms. The van der Waals surface area contributed by atoms with Crippen molar-refractivity contribution in [2.24, 2.45) is 5.92 Å². The van der Waals surface area contributed by atoms with Gasteiger partial charge < -0.3 is 14.8 Å². The van der Waals surface area contributed by atoms with Gasteiger partial charge >= 0.3 is 0 Å². The molecule has 4 rings (SSSR count). The van der Waals surface area contributed by atoms with E-state index in [9.17, 15) is 8.42 Å². The molecule has 0 saturated carbocycles. The molecule has 0 aliphatic carbocycles. The van der Waals surface area contributed by atoms with E-state index in [-0.39, 0.29) is 18.3 Å². The second kappa shape index (κ2) is 10.4. The van der Waals surface area contributed by atoms with Crippen LogP contribution in [0.15, 0.2) is 41.3 Å². The zero-order chi connectivity index (χ0) is 22.0. The van der Waals surface area contributed by atoms with Crippen LogP contribution in [0.25, 0.3) is 0 Å². The maximum absolute atomic E-state index is 13.9. The third kappa shape index (κ3) is 4.91. The van der Waals surface area contributed by atoms with Gasteiger partial charge in [0.05, 0.1) is 19.1 Å². The third-order valence-electron chi connectivity index (χ3n) is 6.48. The number of halogens is 1. The molecule has 176 valence electrons. The highest BCUT2D eigenvalue weighted by Crippen LogP contribution is 2.36. The van der Waals surface area contributed by atoms with Crippen LogP contribution >= 0.6 is 12.4 Å². The topological polar surface area (TPSA) is 67.9 Å². The Labute approximate surface area is 197 Å². The first-order valence-electron chi connectivity index (χ1n) is 10.9. The number of hydrogen-bond donors (Lipinski definition) is 1. The van der Waals surface area contributed by atoms with E-state index in [1.54, 1.807) is 26.4 Å². The lowest BCUT2D eigenvalue weighted by atomic mass is 9.95. The minimum absolute atomic E-state index is 0. The molecular formula is C24H33ClN2O4S. The second-order valence-electron chi connectivity index (χ2n) is 8.55. The van der Waals surface area contributed by atoms with Crippen LogP contribution < -0.4 is 14.8 Å². The molecule has 0 radical (unpaired) electrons. The van der Waals surface area contributed by atoms with Gasteiger partial charge in [0, 0.05) is 25.6 Å². The number of rotatable bonds is 6. The SMILES string of the molecule is COc1cc2c(cc1OC)CN(C(C1CCCNC1)S(=O)(=O)c1cccc(C)c1)CC2.Cl. The predicted molar refractivity (Wildman–Crippen MR) is 129 cm³/mol. The number of nitrogens with zero attached hydrogens (tertiary/aromatic N) is 1. The molecule has 1 N–H and O–H groups in total. The Morgan fingerprint density at radius 3 is 2.44 bits per heavy atom. The van der Waals surface area contributed by atoms with Crippen LogP contribution in [0.2, 0.25) is 0 Å². The van der Waals surface area contributed by atoms with Crippen molar-refractivity contribution in [3.63, 3.8) is 0 Å². The van der Waals surface area contributed by atoms with Crippen molar-refractivity contribution in [2.45, 2.75) is 43.0 Å². The van der Waals surface area contributed by atoms with Crippen molar-refractivity contribution < 1.29 is 17.9 Å². The first-order chi connectivity index (χ1) is 14.9. The summed E-state index contributed by atoms with van der Waals surface area (Å²) >= 11 is 0. The maximum atomic E-state index is 13.9. The standard InChI is InChI=1S/C24H32N2O4S.ClH/c1-17-6-4-8-21(12-17)31(27,28)24(19-7-5-10-25-15-19)26-11-9-18-13-22(29-2)23(30-3)14-20(18)16-26;/h4,6,8,12-14,19,24-25H,5,7,9-11,15-16H2,1-3H3;1H. The normalized spacial score (nSPS) is 20.0. The molecule has 8 heteroatoms. The summed E-state index contributed by atoms with van der Waals surface area (Å²) in [6.45, 7) is 4.90. The number of nitrogens with one attached hydrogen (secondary N) is 1. The molecule has 2 heterocycles. The first-order valence-corrected chi connectivity index (χ1v) is 12.5. The van der Waals surface area contributed by atoms with Crippen molar-refractivity contribution >= 4 is 22.2 Å². The summed E-state index contributed by atoms with van der Waals surface area (Å²) in [6, 6.07) is 11.3. The number of fused-ring (bicyclic) bond motifs is 1. The van der Waals surface area contributed by atoms with Crippen molar-refractivity contribution in [3.8, 4) is 11.5 Å². The summed E-state index contributed by atoms with van der Waals surface area (Å²) in [5, 5.41) is 2.86. The highest BCUT2D eigenvalue weighted by atomic mass is 35.5. The van der Waals surface area contributed by atoms with Gasteiger partial charge in [-0.2, -0.15) is 0 Å². The van der Waals surface area contributed by atoms with Gasteiger partial charge in [0.25, 0.3) is 0 Å². The molecule has 2 aliphatic heterocycles. The highest BCUT2D eigenvalue weighted by Gasteiger charge is 2.41. The number of ether oxygens (including phenoxy) is 2. The van der Waals surface area contributed by atoms with Gasteiger partial charge in [0.15, 0.2) is 21.3 Å². The molecule has 2 aromatic rings. The summed E-state index contributed by atoms with van der Waals surface area (Å²) in [4.78, 5) is 2.57. The number of methoxy groups -OCH3 is 2.